The van der Waals surface area contributed by atoms with Gasteiger partial charge in [-0.3, -0.25) is 4.21 Å². The average molecular weight is 324 g/mol. The largest absolute Gasteiger partial charge is 0.444 e. The highest BCUT2D eigenvalue weighted by Crippen LogP contribution is 2.21. The molecule has 2 rings (SSSR count). The number of ether oxygens (including phenoxy) is 1. The van der Waals surface area contributed by atoms with Gasteiger partial charge in [-0.25, -0.2) is 9.78 Å². The van der Waals surface area contributed by atoms with E-state index in [0.717, 1.165) is 18.4 Å². The van der Waals surface area contributed by atoms with Gasteiger partial charge in [0.2, 0.25) is 0 Å². The first-order valence-electron chi connectivity index (χ1n) is 7.57. The van der Waals surface area contributed by atoms with Crippen LogP contribution in [0.15, 0.2) is 23.4 Å². The van der Waals surface area contributed by atoms with Crippen molar-refractivity contribution in [1.29, 1.82) is 0 Å². The van der Waals surface area contributed by atoms with Crippen molar-refractivity contribution >= 4 is 16.9 Å². The van der Waals surface area contributed by atoms with Crippen LogP contribution in [0.25, 0.3) is 0 Å². The number of hydrogen-bond donors (Lipinski definition) is 0. The molecule has 0 N–H and O–H groups in total. The molecule has 0 bridgehead atoms. The molecule has 22 heavy (non-hydrogen) atoms. The Morgan fingerprint density at radius 2 is 2.18 bits per heavy atom. The Morgan fingerprint density at radius 1 is 1.45 bits per heavy atom. The second-order valence-electron chi connectivity index (χ2n) is 6.66. The maximum absolute atomic E-state index is 12.7. The topological polar surface area (TPSA) is 59.5 Å². The number of carbonyl (C=O) groups is 1. The van der Waals surface area contributed by atoms with E-state index in [0.29, 0.717) is 18.1 Å². The molecule has 0 aromatic carbocycles. The van der Waals surface area contributed by atoms with Gasteiger partial charge in [-0.05, 0) is 58.2 Å². The highest BCUT2D eigenvalue weighted by Gasteiger charge is 2.31. The molecule has 5 nitrogen and oxygen atoms in total. The number of aromatic nitrogens is 1. The molecule has 2 atom stereocenters. The lowest BCUT2D eigenvalue weighted by atomic mass is 10.1. The fraction of sp³-hybridized carbons (Fsp3) is 0.625. The van der Waals surface area contributed by atoms with Crippen LogP contribution >= 0.6 is 0 Å². The monoisotopic (exact) mass is 324 g/mol. The minimum atomic E-state index is -1.20. The molecular formula is C16H24N2O3S. The van der Waals surface area contributed by atoms with Gasteiger partial charge in [0.05, 0.1) is 16.0 Å². The van der Waals surface area contributed by atoms with Crippen LogP contribution in [0.2, 0.25) is 0 Å². The molecule has 1 aliphatic rings. The Hall–Kier alpha value is -1.43. The minimum Gasteiger partial charge on any atom is -0.444 e. The van der Waals surface area contributed by atoms with E-state index in [-0.39, 0.29) is 11.3 Å². The van der Waals surface area contributed by atoms with Crippen LogP contribution in [0.4, 0.5) is 4.79 Å². The van der Waals surface area contributed by atoms with E-state index in [4.69, 9.17) is 4.74 Å². The maximum Gasteiger partial charge on any atom is 0.410 e. The summed E-state index contributed by atoms with van der Waals surface area (Å²) in [6.07, 6.45) is 3.02. The number of amides is 1. The Labute approximate surface area is 134 Å². The van der Waals surface area contributed by atoms with Crippen molar-refractivity contribution in [3.8, 4) is 0 Å². The molecule has 0 radical (unpaired) electrons. The molecule has 2 heterocycles. The summed E-state index contributed by atoms with van der Waals surface area (Å²) in [6.45, 7) is 8.61. The summed E-state index contributed by atoms with van der Waals surface area (Å²) in [7, 11) is -1.20. The molecule has 1 saturated heterocycles. The van der Waals surface area contributed by atoms with Gasteiger partial charge in [0.25, 0.3) is 0 Å². The first-order valence-corrected chi connectivity index (χ1v) is 8.79. The van der Waals surface area contributed by atoms with Gasteiger partial charge in [0.1, 0.15) is 10.6 Å². The van der Waals surface area contributed by atoms with E-state index in [2.05, 4.69) is 4.98 Å². The third kappa shape index (κ3) is 4.53. The predicted octanol–water partition coefficient (Wildman–Crippen LogP) is 2.90. The van der Waals surface area contributed by atoms with Crippen LogP contribution < -0.4 is 0 Å². The lowest BCUT2D eigenvalue weighted by Gasteiger charge is -2.33. The summed E-state index contributed by atoms with van der Waals surface area (Å²) in [5, 5.41) is 0.506. The predicted molar refractivity (Wildman–Crippen MR) is 86.2 cm³/mol. The van der Waals surface area contributed by atoms with E-state index in [1.165, 1.54) is 0 Å². The standard InChI is InChI=1S/C16H24N2O3S/c1-12-7-8-17-14(10-12)22(20)13-6-5-9-18(11-13)15(19)21-16(2,3)4/h7-8,10,13H,5-6,9,11H2,1-4H3. The summed E-state index contributed by atoms with van der Waals surface area (Å²) in [4.78, 5) is 18.0. The molecular weight excluding hydrogens is 300 g/mol. The van der Waals surface area contributed by atoms with Crippen LogP contribution in [-0.2, 0) is 15.5 Å². The number of piperidine rings is 1. The molecule has 1 fully saturated rings. The molecule has 0 spiro atoms. The van der Waals surface area contributed by atoms with Crippen molar-refractivity contribution in [3.63, 3.8) is 0 Å². The zero-order chi connectivity index (χ0) is 16.3. The zero-order valence-corrected chi connectivity index (χ0v) is 14.5. The highest BCUT2D eigenvalue weighted by atomic mass is 32.2. The van der Waals surface area contributed by atoms with Crippen molar-refractivity contribution in [2.45, 2.75) is 56.4 Å². The van der Waals surface area contributed by atoms with Crippen LogP contribution in [0, 0.1) is 6.92 Å². The third-order valence-electron chi connectivity index (χ3n) is 3.43. The lowest BCUT2D eigenvalue weighted by molar-refractivity contribution is 0.0219. The molecule has 0 aliphatic carbocycles. The Kier molecular flexibility index (Phi) is 5.21. The molecule has 0 saturated carbocycles. The smallest absolute Gasteiger partial charge is 0.410 e. The molecule has 1 aromatic rings. The van der Waals surface area contributed by atoms with Crippen LogP contribution in [0.5, 0.6) is 0 Å². The molecule has 1 aromatic heterocycles. The number of pyridine rings is 1. The van der Waals surface area contributed by atoms with Gasteiger partial charge in [-0.2, -0.15) is 0 Å². The average Bonchev–Trinajstić information content (AvgIpc) is 2.45. The molecule has 1 amide bonds. The summed E-state index contributed by atoms with van der Waals surface area (Å²) in [6, 6.07) is 3.73. The molecule has 2 unspecified atom stereocenters. The molecule has 6 heteroatoms. The van der Waals surface area contributed by atoms with Crippen molar-refractivity contribution < 1.29 is 13.7 Å². The molecule has 1 aliphatic heterocycles. The summed E-state index contributed by atoms with van der Waals surface area (Å²) >= 11 is 0. The van der Waals surface area contributed by atoms with Crippen LogP contribution in [0.1, 0.15) is 39.2 Å². The number of carbonyl (C=O) groups excluding carboxylic acids is 1. The Bertz CT molecular complexity index is 569. The fourth-order valence-electron chi connectivity index (χ4n) is 2.39. The quantitative estimate of drug-likeness (QED) is 0.839. The van der Waals surface area contributed by atoms with E-state index in [1.807, 2.05) is 39.8 Å². The highest BCUT2D eigenvalue weighted by molar-refractivity contribution is 7.85. The van der Waals surface area contributed by atoms with Crippen LogP contribution in [0.3, 0.4) is 0 Å². The number of nitrogens with zero attached hydrogens (tertiary/aromatic N) is 2. The zero-order valence-electron chi connectivity index (χ0n) is 13.7. The second-order valence-corrected chi connectivity index (χ2v) is 8.34. The lowest BCUT2D eigenvalue weighted by Crippen LogP contribution is -2.45. The first kappa shape index (κ1) is 16.9. The van der Waals surface area contributed by atoms with E-state index in [9.17, 15) is 9.00 Å². The van der Waals surface area contributed by atoms with E-state index in [1.54, 1.807) is 11.1 Å². The van der Waals surface area contributed by atoms with Crippen molar-refractivity contribution in [1.82, 2.24) is 9.88 Å². The Balaban J connectivity index is 2.04. The SMILES string of the molecule is Cc1ccnc(S(=O)C2CCCN(C(=O)OC(C)(C)C)C2)c1. The Morgan fingerprint density at radius 3 is 2.82 bits per heavy atom. The molecule has 122 valence electrons. The summed E-state index contributed by atoms with van der Waals surface area (Å²) in [5.74, 6) is 0. The summed E-state index contributed by atoms with van der Waals surface area (Å²) < 4.78 is 18.1. The van der Waals surface area contributed by atoms with Gasteiger partial charge in [0, 0.05) is 19.3 Å². The first-order chi connectivity index (χ1) is 10.3. The van der Waals surface area contributed by atoms with Gasteiger partial charge >= 0.3 is 6.09 Å². The number of aryl methyl sites for hydroxylation is 1. The van der Waals surface area contributed by atoms with E-state index < -0.39 is 16.4 Å². The maximum atomic E-state index is 12.7. The third-order valence-corrected chi connectivity index (χ3v) is 5.05. The number of rotatable bonds is 2. The van der Waals surface area contributed by atoms with Crippen LogP contribution in [-0.4, -0.2) is 44.1 Å². The number of hydrogen-bond acceptors (Lipinski definition) is 4. The van der Waals surface area contributed by atoms with Crippen molar-refractivity contribution in [2.24, 2.45) is 0 Å². The van der Waals surface area contributed by atoms with Gasteiger partial charge in [-0.1, -0.05) is 0 Å². The normalized spacial score (nSPS) is 20.5. The van der Waals surface area contributed by atoms with Gasteiger partial charge in [0.15, 0.2) is 0 Å². The van der Waals surface area contributed by atoms with Crippen molar-refractivity contribution in [2.75, 3.05) is 13.1 Å². The summed E-state index contributed by atoms with van der Waals surface area (Å²) in [5.41, 5.74) is 0.527. The fourth-order valence-corrected chi connectivity index (χ4v) is 3.90. The van der Waals surface area contributed by atoms with E-state index >= 15 is 0 Å². The number of likely N-dealkylation sites (tertiary alicyclic amines) is 1. The van der Waals surface area contributed by atoms with Gasteiger partial charge in [-0.15, -0.1) is 0 Å². The van der Waals surface area contributed by atoms with Crippen molar-refractivity contribution in [3.05, 3.63) is 23.9 Å². The van der Waals surface area contributed by atoms with Gasteiger partial charge < -0.3 is 9.64 Å². The second kappa shape index (κ2) is 6.77. The minimum absolute atomic E-state index is 0.0874.